The van der Waals surface area contributed by atoms with Gasteiger partial charge >= 0.3 is 0 Å². The molecule has 0 radical (unpaired) electrons. The Morgan fingerprint density at radius 2 is 1.93 bits per heavy atom. The number of carbonyl (C=O) groups excluding carboxylic acids is 1. The summed E-state index contributed by atoms with van der Waals surface area (Å²) in [6.45, 7) is 2.03. The molecule has 0 saturated heterocycles. The van der Waals surface area contributed by atoms with E-state index in [4.69, 9.17) is 11.5 Å². The first-order valence-corrected chi connectivity index (χ1v) is 4.78. The third kappa shape index (κ3) is 2.95. The van der Waals surface area contributed by atoms with Crippen molar-refractivity contribution in [1.82, 2.24) is 0 Å². The van der Waals surface area contributed by atoms with Crippen LogP contribution in [0.3, 0.4) is 0 Å². The van der Waals surface area contributed by atoms with Crippen molar-refractivity contribution in [2.75, 3.05) is 18.5 Å². The Labute approximate surface area is 89.9 Å². The summed E-state index contributed by atoms with van der Waals surface area (Å²) in [5.41, 5.74) is 11.0. The molecule has 1 unspecified atom stereocenters. The molecule has 0 fully saturated rings. The van der Waals surface area contributed by atoms with Gasteiger partial charge in [-0.15, -0.1) is 0 Å². The number of nitrogens with two attached hydrogens (primary N) is 2. The van der Waals surface area contributed by atoms with Gasteiger partial charge in [-0.25, -0.2) is 0 Å². The highest BCUT2D eigenvalue weighted by atomic mass is 16.1. The van der Waals surface area contributed by atoms with Crippen molar-refractivity contribution < 1.29 is 4.79 Å². The van der Waals surface area contributed by atoms with Gasteiger partial charge in [-0.3, -0.25) is 4.79 Å². The van der Waals surface area contributed by atoms with Crippen molar-refractivity contribution in [3.63, 3.8) is 0 Å². The molecule has 1 atom stereocenters. The minimum absolute atomic E-state index is 0.395. The number of anilines is 1. The monoisotopic (exact) mass is 207 g/mol. The first kappa shape index (κ1) is 11.5. The van der Waals surface area contributed by atoms with Crippen LogP contribution < -0.4 is 16.4 Å². The Kier molecular flexibility index (Phi) is 3.31. The molecule has 4 nitrogen and oxygen atoms in total. The van der Waals surface area contributed by atoms with E-state index in [-0.39, 0.29) is 0 Å². The molecule has 1 amide bonds. The van der Waals surface area contributed by atoms with Gasteiger partial charge in [-0.2, -0.15) is 0 Å². The van der Waals surface area contributed by atoms with Crippen molar-refractivity contribution in [3.05, 3.63) is 30.3 Å². The summed E-state index contributed by atoms with van der Waals surface area (Å²) in [4.78, 5) is 13.0. The molecule has 0 saturated carbocycles. The lowest BCUT2D eigenvalue weighted by atomic mass is 10.0. The van der Waals surface area contributed by atoms with Crippen molar-refractivity contribution in [2.24, 2.45) is 11.5 Å². The highest BCUT2D eigenvalue weighted by molar-refractivity contribution is 5.84. The van der Waals surface area contributed by atoms with Gasteiger partial charge in [0, 0.05) is 19.3 Å². The second-order valence-electron chi connectivity index (χ2n) is 3.97. The van der Waals surface area contributed by atoms with Gasteiger partial charge < -0.3 is 16.4 Å². The van der Waals surface area contributed by atoms with E-state index in [1.165, 1.54) is 0 Å². The first-order valence-electron chi connectivity index (χ1n) is 4.78. The maximum absolute atomic E-state index is 11.1. The maximum Gasteiger partial charge on any atom is 0.239 e. The Balaban J connectivity index is 2.72. The number of benzene rings is 1. The second-order valence-corrected chi connectivity index (χ2v) is 3.97. The fraction of sp³-hybridized carbons (Fsp3) is 0.364. The molecule has 4 heteroatoms. The normalized spacial score (nSPS) is 14.3. The summed E-state index contributed by atoms with van der Waals surface area (Å²) >= 11 is 0. The zero-order chi connectivity index (χ0) is 11.5. The van der Waals surface area contributed by atoms with E-state index in [0.29, 0.717) is 6.54 Å². The van der Waals surface area contributed by atoms with Gasteiger partial charge in [-0.1, -0.05) is 18.2 Å². The molecule has 82 valence electrons. The predicted molar refractivity (Wildman–Crippen MR) is 61.5 cm³/mol. The van der Waals surface area contributed by atoms with E-state index >= 15 is 0 Å². The number of hydrogen-bond acceptors (Lipinski definition) is 3. The van der Waals surface area contributed by atoms with E-state index in [0.717, 1.165) is 5.69 Å². The summed E-state index contributed by atoms with van der Waals surface area (Å²) in [7, 11) is 1.88. The smallest absolute Gasteiger partial charge is 0.239 e. The molecule has 1 rings (SSSR count). The molecule has 0 bridgehead atoms. The van der Waals surface area contributed by atoms with Crippen LogP contribution in [0.5, 0.6) is 0 Å². The molecule has 0 heterocycles. The van der Waals surface area contributed by atoms with Crippen molar-refractivity contribution in [2.45, 2.75) is 12.5 Å². The fourth-order valence-electron chi connectivity index (χ4n) is 1.34. The van der Waals surface area contributed by atoms with Crippen molar-refractivity contribution in [3.8, 4) is 0 Å². The number of nitrogens with zero attached hydrogens (tertiary/aromatic N) is 1. The number of rotatable bonds is 4. The summed E-state index contributed by atoms with van der Waals surface area (Å²) in [6, 6.07) is 9.72. The molecular formula is C11H17N3O. The van der Waals surface area contributed by atoms with Crippen LogP contribution in [0.1, 0.15) is 6.92 Å². The maximum atomic E-state index is 11.1. The molecule has 15 heavy (non-hydrogen) atoms. The van der Waals surface area contributed by atoms with E-state index < -0.39 is 11.4 Å². The van der Waals surface area contributed by atoms with E-state index in [1.54, 1.807) is 6.92 Å². The van der Waals surface area contributed by atoms with Crippen LogP contribution in [0, 0.1) is 0 Å². The number of carbonyl (C=O) groups is 1. The SMILES string of the molecule is CN(CC(C)(N)C(N)=O)c1ccccc1. The summed E-state index contributed by atoms with van der Waals surface area (Å²) in [5, 5.41) is 0. The van der Waals surface area contributed by atoms with Crippen LogP contribution >= 0.6 is 0 Å². The predicted octanol–water partition coefficient (Wildman–Crippen LogP) is 0.325. The minimum atomic E-state index is -1.01. The third-order valence-electron chi connectivity index (χ3n) is 2.33. The quantitative estimate of drug-likeness (QED) is 0.747. The number of likely N-dealkylation sites (N-methyl/N-ethyl adjacent to an activating group) is 1. The molecule has 4 N–H and O–H groups in total. The van der Waals surface area contributed by atoms with Crippen molar-refractivity contribution >= 4 is 11.6 Å². The molecule has 0 aliphatic rings. The lowest BCUT2D eigenvalue weighted by molar-refractivity contribution is -0.122. The molecule has 0 aromatic heterocycles. The average molecular weight is 207 g/mol. The molecule has 0 spiro atoms. The lowest BCUT2D eigenvalue weighted by Crippen LogP contribution is -2.56. The van der Waals surface area contributed by atoms with E-state index in [1.807, 2.05) is 42.3 Å². The fourth-order valence-corrected chi connectivity index (χ4v) is 1.34. The van der Waals surface area contributed by atoms with Crippen LogP contribution in [0.2, 0.25) is 0 Å². The van der Waals surface area contributed by atoms with Crippen LogP contribution in [0.25, 0.3) is 0 Å². The summed E-state index contributed by atoms with van der Waals surface area (Å²) < 4.78 is 0. The van der Waals surface area contributed by atoms with Gasteiger partial charge in [0.15, 0.2) is 0 Å². The highest BCUT2D eigenvalue weighted by Gasteiger charge is 2.27. The first-order chi connectivity index (χ1) is 6.93. The molecule has 1 aromatic rings. The summed E-state index contributed by atoms with van der Waals surface area (Å²) in [5.74, 6) is -0.495. The van der Waals surface area contributed by atoms with Crippen LogP contribution in [0.4, 0.5) is 5.69 Å². The molecule has 1 aromatic carbocycles. The van der Waals surface area contributed by atoms with Gasteiger partial charge in [0.1, 0.15) is 5.54 Å². The number of hydrogen-bond donors (Lipinski definition) is 2. The molecule has 0 aliphatic carbocycles. The topological polar surface area (TPSA) is 72.3 Å². The van der Waals surface area contributed by atoms with Crippen molar-refractivity contribution in [1.29, 1.82) is 0 Å². The third-order valence-corrected chi connectivity index (χ3v) is 2.33. The van der Waals surface area contributed by atoms with Gasteiger partial charge in [0.05, 0.1) is 0 Å². The van der Waals surface area contributed by atoms with Gasteiger partial charge in [0.2, 0.25) is 5.91 Å². The number of primary amides is 1. The number of para-hydroxylation sites is 1. The van der Waals surface area contributed by atoms with Crippen LogP contribution in [0.15, 0.2) is 30.3 Å². The molecule has 0 aliphatic heterocycles. The minimum Gasteiger partial charge on any atom is -0.372 e. The Morgan fingerprint density at radius 3 is 2.40 bits per heavy atom. The largest absolute Gasteiger partial charge is 0.372 e. The molecular weight excluding hydrogens is 190 g/mol. The zero-order valence-electron chi connectivity index (χ0n) is 9.10. The standard InChI is InChI=1S/C11H17N3O/c1-11(13,10(12)15)8-14(2)9-6-4-3-5-7-9/h3-7H,8,13H2,1-2H3,(H2,12,15). The number of amides is 1. The average Bonchev–Trinajstić information content (AvgIpc) is 2.18. The zero-order valence-corrected chi connectivity index (χ0v) is 9.10. The van der Waals surface area contributed by atoms with Crippen LogP contribution in [-0.2, 0) is 4.79 Å². The second kappa shape index (κ2) is 4.31. The van der Waals surface area contributed by atoms with Crippen LogP contribution in [-0.4, -0.2) is 25.0 Å². The highest BCUT2D eigenvalue weighted by Crippen LogP contribution is 2.13. The van der Waals surface area contributed by atoms with Gasteiger partial charge in [0.25, 0.3) is 0 Å². The van der Waals surface area contributed by atoms with E-state index in [2.05, 4.69) is 0 Å². The van der Waals surface area contributed by atoms with Gasteiger partial charge in [-0.05, 0) is 19.1 Å². The summed E-state index contributed by atoms with van der Waals surface area (Å²) in [6.07, 6.45) is 0. The Hall–Kier alpha value is -1.55. The Morgan fingerprint density at radius 1 is 1.40 bits per heavy atom. The Bertz CT molecular complexity index is 335. The van der Waals surface area contributed by atoms with E-state index in [9.17, 15) is 4.79 Å². The lowest BCUT2D eigenvalue weighted by Gasteiger charge is -2.28.